The third-order valence-electron chi connectivity index (χ3n) is 2.76. The summed E-state index contributed by atoms with van der Waals surface area (Å²) in [6.07, 6.45) is 4.78. The Kier molecular flexibility index (Phi) is 4.79. The first-order valence-corrected chi connectivity index (χ1v) is 6.65. The van der Waals surface area contributed by atoms with Crippen LogP contribution in [0.3, 0.4) is 0 Å². The zero-order chi connectivity index (χ0) is 15.2. The molecule has 2 aromatic rings. The number of nitrogens with zero attached hydrogens (tertiary/aromatic N) is 1. The maximum absolute atomic E-state index is 11.9. The summed E-state index contributed by atoms with van der Waals surface area (Å²) < 4.78 is 0. The van der Waals surface area contributed by atoms with E-state index in [0.717, 1.165) is 5.56 Å². The second-order valence-electron chi connectivity index (χ2n) is 4.25. The monoisotopic (exact) mass is 302 g/mol. The lowest BCUT2D eigenvalue weighted by Gasteiger charge is -2.06. The minimum Gasteiger partial charge on any atom is -0.397 e. The molecule has 0 aliphatic heterocycles. The molecule has 4 N–H and O–H groups in total. The summed E-state index contributed by atoms with van der Waals surface area (Å²) in [5.41, 5.74) is 7.54. The number of rotatable bonds is 4. The van der Waals surface area contributed by atoms with Crippen molar-refractivity contribution >= 4 is 40.8 Å². The van der Waals surface area contributed by atoms with E-state index in [4.69, 9.17) is 17.3 Å². The van der Waals surface area contributed by atoms with Gasteiger partial charge in [-0.3, -0.25) is 4.79 Å². The molecule has 21 heavy (non-hydrogen) atoms. The highest BCUT2D eigenvalue weighted by Gasteiger charge is 2.03. The molecule has 1 aromatic carbocycles. The number of amides is 1. The van der Waals surface area contributed by atoms with Crippen LogP contribution in [0, 0.1) is 0 Å². The Balaban J connectivity index is 2.09. The van der Waals surface area contributed by atoms with E-state index in [1.165, 1.54) is 6.08 Å². The van der Waals surface area contributed by atoms with Crippen LogP contribution in [0.25, 0.3) is 6.08 Å². The third kappa shape index (κ3) is 3.97. The zero-order valence-electron chi connectivity index (χ0n) is 11.4. The number of hydrogen-bond acceptors (Lipinski definition) is 4. The van der Waals surface area contributed by atoms with Crippen LogP contribution in [0.15, 0.2) is 42.6 Å². The molecule has 1 amide bonds. The standard InChI is InChI=1S/C15H15ClN4O/c1-18-15-10(3-2-8-19-15)4-7-14(21)20-13-6-5-11(16)9-12(13)17/h2-9H,17H2,1H3,(H,18,19)(H,20,21)/b7-4+. The summed E-state index contributed by atoms with van der Waals surface area (Å²) in [6, 6.07) is 8.57. The van der Waals surface area contributed by atoms with Crippen molar-refractivity contribution in [3.05, 3.63) is 53.2 Å². The molecule has 0 fully saturated rings. The van der Waals surface area contributed by atoms with E-state index < -0.39 is 0 Å². The first-order valence-electron chi connectivity index (χ1n) is 6.27. The minimum absolute atomic E-state index is 0.282. The number of nitrogen functional groups attached to an aromatic ring is 1. The summed E-state index contributed by atoms with van der Waals surface area (Å²) in [4.78, 5) is 16.0. The van der Waals surface area contributed by atoms with Gasteiger partial charge in [0.2, 0.25) is 5.91 Å². The second kappa shape index (κ2) is 6.76. The normalized spacial score (nSPS) is 10.6. The van der Waals surface area contributed by atoms with Crippen LogP contribution in [0.5, 0.6) is 0 Å². The number of benzene rings is 1. The highest BCUT2D eigenvalue weighted by Crippen LogP contribution is 2.22. The van der Waals surface area contributed by atoms with Gasteiger partial charge in [-0.2, -0.15) is 0 Å². The van der Waals surface area contributed by atoms with Crippen LogP contribution >= 0.6 is 11.6 Å². The van der Waals surface area contributed by atoms with Gasteiger partial charge >= 0.3 is 0 Å². The van der Waals surface area contributed by atoms with Crippen LogP contribution in [0.1, 0.15) is 5.56 Å². The Bertz CT molecular complexity index is 685. The lowest BCUT2D eigenvalue weighted by atomic mass is 10.2. The van der Waals surface area contributed by atoms with E-state index in [9.17, 15) is 4.79 Å². The van der Waals surface area contributed by atoms with Gasteiger partial charge in [-0.15, -0.1) is 0 Å². The fourth-order valence-electron chi connectivity index (χ4n) is 1.75. The molecule has 2 rings (SSSR count). The number of pyridine rings is 1. The molecule has 0 atom stereocenters. The Morgan fingerprint density at radius 1 is 1.38 bits per heavy atom. The minimum atomic E-state index is -0.282. The molecule has 1 aromatic heterocycles. The smallest absolute Gasteiger partial charge is 0.248 e. The van der Waals surface area contributed by atoms with Crippen LogP contribution < -0.4 is 16.4 Å². The van der Waals surface area contributed by atoms with Crippen LogP contribution in [-0.2, 0) is 4.79 Å². The van der Waals surface area contributed by atoms with E-state index in [1.54, 1.807) is 43.6 Å². The van der Waals surface area contributed by atoms with Crippen LogP contribution in [0.4, 0.5) is 17.2 Å². The van der Waals surface area contributed by atoms with Crippen molar-refractivity contribution in [2.24, 2.45) is 0 Å². The number of nitrogens with two attached hydrogens (primary N) is 1. The van der Waals surface area contributed by atoms with Crippen molar-refractivity contribution in [2.45, 2.75) is 0 Å². The number of nitrogens with one attached hydrogen (secondary N) is 2. The Hall–Kier alpha value is -2.53. The SMILES string of the molecule is CNc1ncccc1/C=C/C(=O)Nc1ccc(Cl)cc1N. The van der Waals surface area contributed by atoms with Crippen molar-refractivity contribution in [1.29, 1.82) is 0 Å². The Morgan fingerprint density at radius 3 is 2.90 bits per heavy atom. The maximum Gasteiger partial charge on any atom is 0.248 e. The molecule has 0 unspecified atom stereocenters. The number of carbonyl (C=O) groups excluding carboxylic acids is 1. The van der Waals surface area contributed by atoms with Gasteiger partial charge in [-0.25, -0.2) is 4.98 Å². The molecule has 5 nitrogen and oxygen atoms in total. The first-order chi connectivity index (χ1) is 10.1. The second-order valence-corrected chi connectivity index (χ2v) is 4.68. The van der Waals surface area contributed by atoms with Gasteiger partial charge in [0.05, 0.1) is 11.4 Å². The fraction of sp³-hybridized carbons (Fsp3) is 0.0667. The van der Waals surface area contributed by atoms with Gasteiger partial charge in [0, 0.05) is 29.9 Å². The van der Waals surface area contributed by atoms with Gasteiger partial charge in [0.1, 0.15) is 5.82 Å². The average Bonchev–Trinajstić information content (AvgIpc) is 2.48. The van der Waals surface area contributed by atoms with E-state index in [0.29, 0.717) is 22.2 Å². The molecule has 108 valence electrons. The van der Waals surface area contributed by atoms with Gasteiger partial charge in [0.25, 0.3) is 0 Å². The lowest BCUT2D eigenvalue weighted by Crippen LogP contribution is -2.09. The first kappa shape index (κ1) is 14.9. The highest BCUT2D eigenvalue weighted by atomic mass is 35.5. The van der Waals surface area contributed by atoms with Gasteiger partial charge < -0.3 is 16.4 Å². The predicted octanol–water partition coefficient (Wildman–Crippen LogP) is 3.01. The van der Waals surface area contributed by atoms with E-state index in [1.807, 2.05) is 6.07 Å². The van der Waals surface area contributed by atoms with Gasteiger partial charge in [-0.05, 0) is 36.4 Å². The van der Waals surface area contributed by atoms with Crippen molar-refractivity contribution in [1.82, 2.24) is 4.98 Å². The molecular formula is C15H15ClN4O. The summed E-state index contributed by atoms with van der Waals surface area (Å²) >= 11 is 5.81. The molecule has 0 saturated heterocycles. The summed E-state index contributed by atoms with van der Waals surface area (Å²) in [6.45, 7) is 0. The van der Waals surface area contributed by atoms with Gasteiger partial charge in [-0.1, -0.05) is 11.6 Å². The van der Waals surface area contributed by atoms with E-state index >= 15 is 0 Å². The predicted molar refractivity (Wildman–Crippen MR) is 87.3 cm³/mol. The number of hydrogen-bond donors (Lipinski definition) is 3. The molecule has 0 spiro atoms. The van der Waals surface area contributed by atoms with Crippen molar-refractivity contribution in [3.8, 4) is 0 Å². The van der Waals surface area contributed by atoms with Crippen molar-refractivity contribution in [3.63, 3.8) is 0 Å². The quantitative estimate of drug-likeness (QED) is 0.599. The molecule has 0 aliphatic rings. The number of halogens is 1. The number of aromatic nitrogens is 1. The summed E-state index contributed by atoms with van der Waals surface area (Å²) in [7, 11) is 1.77. The lowest BCUT2D eigenvalue weighted by molar-refractivity contribution is -0.111. The number of carbonyl (C=O) groups is 1. The molecule has 0 radical (unpaired) electrons. The average molecular weight is 303 g/mol. The molecule has 0 saturated carbocycles. The topological polar surface area (TPSA) is 80.0 Å². The third-order valence-corrected chi connectivity index (χ3v) is 3.00. The largest absolute Gasteiger partial charge is 0.397 e. The molecule has 1 heterocycles. The van der Waals surface area contributed by atoms with Crippen molar-refractivity contribution < 1.29 is 4.79 Å². The van der Waals surface area contributed by atoms with Crippen molar-refractivity contribution in [2.75, 3.05) is 23.4 Å². The maximum atomic E-state index is 11.9. The van der Waals surface area contributed by atoms with Gasteiger partial charge in [0.15, 0.2) is 0 Å². The zero-order valence-corrected chi connectivity index (χ0v) is 12.2. The molecule has 0 aliphatic carbocycles. The molecule has 6 heteroatoms. The number of anilines is 3. The Morgan fingerprint density at radius 2 is 2.19 bits per heavy atom. The molecular weight excluding hydrogens is 288 g/mol. The van der Waals surface area contributed by atoms with Crippen LogP contribution in [0.2, 0.25) is 5.02 Å². The highest BCUT2D eigenvalue weighted by molar-refractivity contribution is 6.31. The Labute approximate surface area is 127 Å². The summed E-state index contributed by atoms with van der Waals surface area (Å²) in [5.74, 6) is 0.419. The molecule has 0 bridgehead atoms. The van der Waals surface area contributed by atoms with E-state index in [2.05, 4.69) is 15.6 Å². The fourth-order valence-corrected chi connectivity index (χ4v) is 1.93. The van der Waals surface area contributed by atoms with E-state index in [-0.39, 0.29) is 5.91 Å². The van der Waals surface area contributed by atoms with Crippen LogP contribution in [-0.4, -0.2) is 17.9 Å². The summed E-state index contributed by atoms with van der Waals surface area (Å²) in [5, 5.41) is 6.17.